The molecule has 1 fully saturated rings. The number of hydrogen-bond acceptors (Lipinski definition) is 7. The predicted octanol–water partition coefficient (Wildman–Crippen LogP) is 6.06. The SMILES string of the molecule is CC(C)OC(N)=O.CNC(=O)Nc1cc(NC(=O)OC(C)C)ccc1-c1cnc(C2CCCCC2)s1. The van der Waals surface area contributed by atoms with Crippen molar-refractivity contribution in [3.8, 4) is 10.4 Å². The number of urea groups is 1. The molecule has 198 valence electrons. The van der Waals surface area contributed by atoms with Crippen molar-refractivity contribution in [2.24, 2.45) is 5.73 Å². The van der Waals surface area contributed by atoms with Crippen LogP contribution in [0.25, 0.3) is 10.4 Å². The van der Waals surface area contributed by atoms with Crippen LogP contribution in [-0.4, -0.2) is 42.5 Å². The zero-order valence-corrected chi connectivity index (χ0v) is 22.4. The minimum absolute atomic E-state index is 0.0995. The number of primary amides is 1. The summed E-state index contributed by atoms with van der Waals surface area (Å²) in [6.45, 7) is 7.05. The van der Waals surface area contributed by atoms with E-state index in [0.29, 0.717) is 17.3 Å². The Kier molecular flexibility index (Phi) is 11.5. The lowest BCUT2D eigenvalue weighted by molar-refractivity contribution is 0.125. The van der Waals surface area contributed by atoms with E-state index in [-0.39, 0.29) is 18.2 Å². The van der Waals surface area contributed by atoms with Crippen LogP contribution in [0.2, 0.25) is 0 Å². The third-order valence-electron chi connectivity index (χ3n) is 5.18. The highest BCUT2D eigenvalue weighted by atomic mass is 32.1. The van der Waals surface area contributed by atoms with Gasteiger partial charge in [-0.15, -0.1) is 11.3 Å². The highest BCUT2D eigenvalue weighted by molar-refractivity contribution is 7.15. The molecule has 0 radical (unpaired) electrons. The van der Waals surface area contributed by atoms with E-state index in [9.17, 15) is 14.4 Å². The van der Waals surface area contributed by atoms with E-state index in [1.807, 2.05) is 12.3 Å². The molecule has 1 heterocycles. The molecule has 1 aromatic carbocycles. The second-order valence-electron chi connectivity index (χ2n) is 8.93. The molecule has 0 atom stereocenters. The van der Waals surface area contributed by atoms with E-state index in [1.165, 1.54) is 32.1 Å². The van der Waals surface area contributed by atoms with Crippen molar-refractivity contribution in [2.45, 2.75) is 77.9 Å². The molecule has 0 unspecified atom stereocenters. The number of carbonyl (C=O) groups excluding carboxylic acids is 3. The van der Waals surface area contributed by atoms with Crippen molar-refractivity contribution in [3.05, 3.63) is 29.4 Å². The van der Waals surface area contributed by atoms with Crippen LogP contribution in [0.4, 0.5) is 25.8 Å². The molecule has 1 saturated carbocycles. The fraction of sp³-hybridized carbons (Fsp3) is 0.520. The van der Waals surface area contributed by atoms with E-state index < -0.39 is 12.2 Å². The van der Waals surface area contributed by atoms with Crippen LogP contribution < -0.4 is 21.7 Å². The third-order valence-corrected chi connectivity index (χ3v) is 6.37. The molecule has 2 aromatic rings. The van der Waals surface area contributed by atoms with Gasteiger partial charge in [0.2, 0.25) is 0 Å². The number of nitrogens with one attached hydrogen (secondary N) is 3. The van der Waals surface area contributed by atoms with Crippen molar-refractivity contribution < 1.29 is 23.9 Å². The smallest absolute Gasteiger partial charge is 0.411 e. The van der Waals surface area contributed by atoms with Gasteiger partial charge in [0, 0.05) is 30.4 Å². The summed E-state index contributed by atoms with van der Waals surface area (Å²) in [6.07, 6.45) is 6.53. The molecule has 0 bridgehead atoms. The number of anilines is 2. The molecule has 0 spiro atoms. The lowest BCUT2D eigenvalue weighted by Crippen LogP contribution is -2.25. The molecule has 1 aromatic heterocycles. The van der Waals surface area contributed by atoms with Gasteiger partial charge in [-0.25, -0.2) is 19.4 Å². The number of nitrogens with zero attached hydrogens (tertiary/aromatic N) is 1. The summed E-state index contributed by atoms with van der Waals surface area (Å²) in [5.41, 5.74) is 6.65. The van der Waals surface area contributed by atoms with Gasteiger partial charge in [0.1, 0.15) is 0 Å². The Morgan fingerprint density at radius 3 is 2.25 bits per heavy atom. The summed E-state index contributed by atoms with van der Waals surface area (Å²) in [5.74, 6) is 0.532. The van der Waals surface area contributed by atoms with Crippen molar-refractivity contribution in [2.75, 3.05) is 17.7 Å². The van der Waals surface area contributed by atoms with E-state index >= 15 is 0 Å². The summed E-state index contributed by atoms with van der Waals surface area (Å²) in [6, 6.07) is 5.08. The van der Waals surface area contributed by atoms with Gasteiger partial charge in [0.05, 0.1) is 27.8 Å². The van der Waals surface area contributed by atoms with Crippen LogP contribution in [0.5, 0.6) is 0 Å². The van der Waals surface area contributed by atoms with Gasteiger partial charge in [0.15, 0.2) is 0 Å². The number of rotatable bonds is 6. The lowest BCUT2D eigenvalue weighted by atomic mass is 9.90. The molecule has 36 heavy (non-hydrogen) atoms. The van der Waals surface area contributed by atoms with Gasteiger partial charge >= 0.3 is 18.2 Å². The van der Waals surface area contributed by atoms with E-state index in [1.54, 1.807) is 58.2 Å². The van der Waals surface area contributed by atoms with Crippen molar-refractivity contribution in [1.29, 1.82) is 0 Å². The third kappa shape index (κ3) is 9.73. The average molecular weight is 520 g/mol. The minimum atomic E-state index is -0.713. The number of hydrogen-bond donors (Lipinski definition) is 4. The molecule has 10 nitrogen and oxygen atoms in total. The monoisotopic (exact) mass is 519 g/mol. The fourth-order valence-electron chi connectivity index (χ4n) is 3.67. The van der Waals surface area contributed by atoms with Gasteiger partial charge in [-0.2, -0.15) is 0 Å². The van der Waals surface area contributed by atoms with Crippen LogP contribution >= 0.6 is 11.3 Å². The van der Waals surface area contributed by atoms with E-state index in [2.05, 4.69) is 31.4 Å². The summed E-state index contributed by atoms with van der Waals surface area (Å²) in [4.78, 5) is 39.3. The number of carbonyl (C=O) groups is 3. The van der Waals surface area contributed by atoms with Crippen molar-refractivity contribution in [3.63, 3.8) is 0 Å². The second-order valence-corrected chi connectivity index (χ2v) is 9.99. The van der Waals surface area contributed by atoms with Gasteiger partial charge in [-0.05, 0) is 58.7 Å². The quantitative estimate of drug-likeness (QED) is 0.365. The topological polar surface area (TPSA) is 145 Å². The van der Waals surface area contributed by atoms with Crippen LogP contribution in [0.15, 0.2) is 24.4 Å². The Morgan fingerprint density at radius 1 is 1.03 bits per heavy atom. The number of aromatic nitrogens is 1. The highest BCUT2D eigenvalue weighted by Gasteiger charge is 2.20. The first-order valence-electron chi connectivity index (χ1n) is 12.1. The summed E-state index contributed by atoms with van der Waals surface area (Å²) in [7, 11) is 1.56. The normalized spacial score (nSPS) is 13.4. The maximum absolute atomic E-state index is 11.9. The van der Waals surface area contributed by atoms with Gasteiger partial charge in [-0.1, -0.05) is 19.3 Å². The van der Waals surface area contributed by atoms with Gasteiger partial charge in [-0.3, -0.25) is 5.32 Å². The van der Waals surface area contributed by atoms with Crippen LogP contribution in [0.1, 0.15) is 70.7 Å². The molecule has 4 amide bonds. The van der Waals surface area contributed by atoms with Crippen LogP contribution in [-0.2, 0) is 9.47 Å². The standard InChI is InChI=1S/C21H28N4O3S.C4H9NO2/c1-13(2)28-21(27)24-15-9-10-16(17(11-15)25-20(26)22-3)18-12-23-19(29-18)14-7-5-4-6-8-14;1-3(2)7-4(5)6/h9-14H,4-8H2,1-3H3,(H,24,27)(H2,22,25,26);3H,1-2H3,(H2,5,6). The maximum atomic E-state index is 11.9. The van der Waals surface area contributed by atoms with Crippen molar-refractivity contribution >= 4 is 40.9 Å². The van der Waals surface area contributed by atoms with Crippen LogP contribution in [0, 0.1) is 0 Å². The largest absolute Gasteiger partial charge is 0.447 e. The predicted molar refractivity (Wildman–Crippen MR) is 142 cm³/mol. The Morgan fingerprint density at radius 2 is 1.69 bits per heavy atom. The van der Waals surface area contributed by atoms with E-state index in [4.69, 9.17) is 4.74 Å². The number of thiazole rings is 1. The molecular weight excluding hydrogens is 482 g/mol. The average Bonchev–Trinajstić information content (AvgIpc) is 3.29. The number of benzene rings is 1. The molecule has 1 aliphatic carbocycles. The Hall–Kier alpha value is -3.34. The highest BCUT2D eigenvalue weighted by Crippen LogP contribution is 2.40. The second kappa shape index (κ2) is 14.3. The molecule has 0 aliphatic heterocycles. The summed E-state index contributed by atoms with van der Waals surface area (Å²) >= 11 is 1.67. The molecule has 3 rings (SSSR count). The molecule has 1 aliphatic rings. The summed E-state index contributed by atoms with van der Waals surface area (Å²) in [5, 5.41) is 9.26. The fourth-order valence-corrected chi connectivity index (χ4v) is 4.80. The van der Waals surface area contributed by atoms with E-state index in [0.717, 1.165) is 15.4 Å². The zero-order chi connectivity index (χ0) is 26.7. The molecular formula is C25H37N5O5S. The first kappa shape index (κ1) is 28.9. The first-order valence-corrected chi connectivity index (χ1v) is 12.9. The summed E-state index contributed by atoms with van der Waals surface area (Å²) < 4.78 is 9.51. The first-order chi connectivity index (χ1) is 17.1. The Labute approximate surface area is 216 Å². The number of ether oxygens (including phenoxy) is 2. The number of nitrogens with two attached hydrogens (primary N) is 1. The zero-order valence-electron chi connectivity index (χ0n) is 21.6. The molecule has 0 saturated heterocycles. The Bertz CT molecular complexity index is 1020. The number of amides is 4. The Balaban J connectivity index is 0.000000572. The minimum Gasteiger partial charge on any atom is -0.447 e. The maximum Gasteiger partial charge on any atom is 0.411 e. The van der Waals surface area contributed by atoms with Crippen LogP contribution in [0.3, 0.4) is 0 Å². The van der Waals surface area contributed by atoms with Gasteiger partial charge < -0.3 is 25.8 Å². The molecule has 5 N–H and O–H groups in total. The molecule has 11 heteroatoms. The van der Waals surface area contributed by atoms with Crippen molar-refractivity contribution in [1.82, 2.24) is 10.3 Å². The lowest BCUT2D eigenvalue weighted by Gasteiger charge is -2.18. The van der Waals surface area contributed by atoms with Gasteiger partial charge in [0.25, 0.3) is 0 Å².